The minimum Gasteiger partial charge on any atom is -0.481 e. The predicted molar refractivity (Wildman–Crippen MR) is 125 cm³/mol. The van der Waals surface area contributed by atoms with E-state index in [0.717, 1.165) is 29.6 Å². The number of rotatable bonds is 12. The van der Waals surface area contributed by atoms with Crippen LogP contribution in [0.25, 0.3) is 11.0 Å². The van der Waals surface area contributed by atoms with E-state index in [1.165, 1.54) is 0 Å². The van der Waals surface area contributed by atoms with Crippen LogP contribution in [0.4, 0.5) is 0 Å². The van der Waals surface area contributed by atoms with Crippen LogP contribution in [-0.2, 0) is 29.6 Å². The summed E-state index contributed by atoms with van der Waals surface area (Å²) in [6.07, 6.45) is 4.20. The summed E-state index contributed by atoms with van der Waals surface area (Å²) in [5.74, 6) is -1.20. The monoisotopic (exact) mass is 447 g/mol. The number of carbonyl (C=O) groups is 2. The topological polar surface area (TPSA) is 105 Å². The first-order valence-corrected chi connectivity index (χ1v) is 11.1. The number of hydrogen-bond donors (Lipinski definition) is 1. The first kappa shape index (κ1) is 24.1. The van der Waals surface area contributed by atoms with Gasteiger partial charge in [0.1, 0.15) is 0 Å². The number of ether oxygens (including phenoxy) is 1. The molecule has 3 aromatic rings. The number of Topliss-reactive ketones (excluding diaryl/α,β-unsaturated/α-hetero) is 1. The number of nitrogens with zero attached hydrogens (tertiary/aromatic N) is 3. The van der Waals surface area contributed by atoms with E-state index in [1.807, 2.05) is 41.9 Å². The third-order valence-electron chi connectivity index (χ3n) is 5.69. The molecule has 0 amide bonds. The third kappa shape index (κ3) is 6.27. The van der Waals surface area contributed by atoms with E-state index in [4.69, 9.17) is 15.1 Å². The summed E-state index contributed by atoms with van der Waals surface area (Å²) in [5, 5.41) is 18.0. The average molecular weight is 448 g/mol. The van der Waals surface area contributed by atoms with Crippen LogP contribution >= 0.6 is 0 Å². The number of pyridine rings is 1. The van der Waals surface area contributed by atoms with Gasteiger partial charge in [-0.2, -0.15) is 5.26 Å². The third-order valence-corrected chi connectivity index (χ3v) is 5.69. The number of aryl methyl sites for hydroxylation is 1. The van der Waals surface area contributed by atoms with Gasteiger partial charge < -0.3 is 14.4 Å². The standard InChI is InChI=1S/C26H29N3O4/c1-18(14-24(31)32)13-23(30)25-21(29(2)22-10-6-11-28-26(22)25)9-3-4-12-33-17-20-8-5-7-19(15-20)16-27/h5-8,10-11,15,18H,3-4,9,12-14,17H2,1-2H3,(H,31,32). The Morgan fingerprint density at radius 2 is 2.03 bits per heavy atom. The molecule has 0 saturated heterocycles. The van der Waals surface area contributed by atoms with E-state index < -0.39 is 5.97 Å². The van der Waals surface area contributed by atoms with E-state index in [0.29, 0.717) is 36.3 Å². The molecule has 1 atom stereocenters. The van der Waals surface area contributed by atoms with Gasteiger partial charge in [0.2, 0.25) is 0 Å². The lowest BCUT2D eigenvalue weighted by Gasteiger charge is -2.10. The fourth-order valence-corrected chi connectivity index (χ4v) is 4.10. The molecule has 33 heavy (non-hydrogen) atoms. The van der Waals surface area contributed by atoms with Gasteiger partial charge in [-0.25, -0.2) is 0 Å². The Balaban J connectivity index is 1.63. The van der Waals surface area contributed by atoms with Crippen LogP contribution in [0.15, 0.2) is 42.6 Å². The highest BCUT2D eigenvalue weighted by Crippen LogP contribution is 2.27. The van der Waals surface area contributed by atoms with Crippen molar-refractivity contribution >= 4 is 22.8 Å². The Labute approximate surface area is 193 Å². The number of aromatic nitrogens is 2. The minimum atomic E-state index is -0.897. The van der Waals surface area contributed by atoms with Crippen molar-refractivity contribution in [2.45, 2.75) is 45.6 Å². The lowest BCUT2D eigenvalue weighted by molar-refractivity contribution is -0.137. The van der Waals surface area contributed by atoms with Gasteiger partial charge in [-0.3, -0.25) is 14.6 Å². The molecular weight excluding hydrogens is 418 g/mol. The summed E-state index contributed by atoms with van der Waals surface area (Å²) in [7, 11) is 1.94. The zero-order valence-electron chi connectivity index (χ0n) is 19.1. The van der Waals surface area contributed by atoms with Crippen molar-refractivity contribution in [2.24, 2.45) is 13.0 Å². The molecule has 0 saturated carbocycles. The van der Waals surface area contributed by atoms with Gasteiger partial charge in [0.15, 0.2) is 5.78 Å². The first-order valence-electron chi connectivity index (χ1n) is 11.1. The molecule has 0 bridgehead atoms. The van der Waals surface area contributed by atoms with Crippen LogP contribution in [0.5, 0.6) is 0 Å². The molecule has 0 fully saturated rings. The Morgan fingerprint density at radius 3 is 2.79 bits per heavy atom. The normalized spacial score (nSPS) is 11.9. The maximum atomic E-state index is 13.1. The zero-order chi connectivity index (χ0) is 23.8. The molecule has 0 aliphatic rings. The number of carbonyl (C=O) groups excluding carboxylic acids is 1. The van der Waals surface area contributed by atoms with Gasteiger partial charge in [0.05, 0.1) is 34.8 Å². The number of fused-ring (bicyclic) bond motifs is 1. The molecule has 1 aromatic carbocycles. The van der Waals surface area contributed by atoms with Crippen molar-refractivity contribution in [3.63, 3.8) is 0 Å². The van der Waals surface area contributed by atoms with Gasteiger partial charge in [0.25, 0.3) is 0 Å². The van der Waals surface area contributed by atoms with Crippen LogP contribution in [0.1, 0.15) is 59.8 Å². The predicted octanol–water partition coefficient (Wildman–Crippen LogP) is 4.67. The van der Waals surface area contributed by atoms with Crippen LogP contribution < -0.4 is 0 Å². The van der Waals surface area contributed by atoms with Crippen molar-refractivity contribution in [1.29, 1.82) is 5.26 Å². The Kier molecular flexibility index (Phi) is 8.34. The summed E-state index contributed by atoms with van der Waals surface area (Å²) in [6, 6.07) is 13.3. The molecule has 7 heteroatoms. The molecule has 0 aliphatic heterocycles. The Bertz CT molecular complexity index is 1180. The van der Waals surface area contributed by atoms with Gasteiger partial charge in [-0.15, -0.1) is 0 Å². The first-order chi connectivity index (χ1) is 15.9. The molecule has 0 aliphatic carbocycles. The summed E-state index contributed by atoms with van der Waals surface area (Å²) < 4.78 is 7.78. The van der Waals surface area contributed by atoms with Crippen molar-refractivity contribution < 1.29 is 19.4 Å². The highest BCUT2D eigenvalue weighted by atomic mass is 16.5. The van der Waals surface area contributed by atoms with Gasteiger partial charge >= 0.3 is 5.97 Å². The van der Waals surface area contributed by atoms with Crippen molar-refractivity contribution in [1.82, 2.24) is 9.55 Å². The SMILES string of the molecule is CC(CC(=O)O)CC(=O)c1c(CCCCOCc2cccc(C#N)c2)n(C)c2cccnc12. The molecule has 0 radical (unpaired) electrons. The summed E-state index contributed by atoms with van der Waals surface area (Å²) in [6.45, 7) is 2.82. The van der Waals surface area contributed by atoms with Crippen molar-refractivity contribution in [3.05, 3.63) is 65.0 Å². The number of aliphatic carboxylic acids is 1. The number of carboxylic acids is 1. The van der Waals surface area contributed by atoms with E-state index in [9.17, 15) is 9.59 Å². The van der Waals surface area contributed by atoms with E-state index in [1.54, 1.807) is 19.2 Å². The maximum Gasteiger partial charge on any atom is 0.303 e. The lowest BCUT2D eigenvalue weighted by Crippen LogP contribution is -2.12. The fraction of sp³-hybridized carbons (Fsp3) is 0.385. The fourth-order valence-electron chi connectivity index (χ4n) is 4.10. The molecule has 7 nitrogen and oxygen atoms in total. The number of carboxylic acid groups (broad SMARTS) is 1. The van der Waals surface area contributed by atoms with Crippen molar-refractivity contribution in [2.75, 3.05) is 6.61 Å². The largest absolute Gasteiger partial charge is 0.481 e. The average Bonchev–Trinajstić information content (AvgIpc) is 3.07. The number of unbranched alkanes of at least 4 members (excludes halogenated alkanes) is 1. The smallest absolute Gasteiger partial charge is 0.303 e. The lowest BCUT2D eigenvalue weighted by atomic mass is 9.95. The van der Waals surface area contributed by atoms with Crippen molar-refractivity contribution in [3.8, 4) is 6.07 Å². The van der Waals surface area contributed by atoms with Crippen LogP contribution in [0, 0.1) is 17.2 Å². The second kappa shape index (κ2) is 11.4. The number of hydrogen-bond acceptors (Lipinski definition) is 5. The highest BCUT2D eigenvalue weighted by molar-refractivity contribution is 6.08. The highest BCUT2D eigenvalue weighted by Gasteiger charge is 2.23. The quantitative estimate of drug-likeness (QED) is 0.320. The molecule has 1 unspecified atom stereocenters. The maximum absolute atomic E-state index is 13.1. The zero-order valence-corrected chi connectivity index (χ0v) is 19.1. The Morgan fingerprint density at radius 1 is 1.21 bits per heavy atom. The number of nitriles is 1. The molecule has 172 valence electrons. The van der Waals surface area contributed by atoms with Gasteiger partial charge in [0, 0.05) is 38.4 Å². The minimum absolute atomic E-state index is 0.0338. The molecule has 2 heterocycles. The number of ketones is 1. The van der Waals surface area contributed by atoms with Crippen LogP contribution in [-0.4, -0.2) is 33.0 Å². The second-order valence-electron chi connectivity index (χ2n) is 8.40. The summed E-state index contributed by atoms with van der Waals surface area (Å²) in [4.78, 5) is 28.6. The van der Waals surface area contributed by atoms with Crippen LogP contribution in [0.3, 0.4) is 0 Å². The van der Waals surface area contributed by atoms with E-state index in [-0.39, 0.29) is 24.5 Å². The summed E-state index contributed by atoms with van der Waals surface area (Å²) in [5.41, 5.74) is 4.71. The molecular formula is C26H29N3O4. The second-order valence-corrected chi connectivity index (χ2v) is 8.40. The number of benzene rings is 1. The Hall–Kier alpha value is -3.50. The molecule has 2 aromatic heterocycles. The van der Waals surface area contributed by atoms with Gasteiger partial charge in [-0.1, -0.05) is 19.1 Å². The van der Waals surface area contributed by atoms with Gasteiger partial charge in [-0.05, 0) is 55.0 Å². The molecule has 1 N–H and O–H groups in total. The van der Waals surface area contributed by atoms with Crippen LogP contribution in [0.2, 0.25) is 0 Å². The molecule has 3 rings (SSSR count). The van der Waals surface area contributed by atoms with E-state index >= 15 is 0 Å². The van der Waals surface area contributed by atoms with E-state index in [2.05, 4.69) is 11.1 Å². The molecule has 0 spiro atoms. The summed E-state index contributed by atoms with van der Waals surface area (Å²) >= 11 is 0.